The number of amides is 1. The predicted molar refractivity (Wildman–Crippen MR) is 70.3 cm³/mol. The zero-order valence-corrected chi connectivity index (χ0v) is 10.3. The van der Waals surface area contributed by atoms with Crippen LogP contribution in [0, 0.1) is 0 Å². The van der Waals surface area contributed by atoms with Gasteiger partial charge in [-0.05, 0) is 17.5 Å². The summed E-state index contributed by atoms with van der Waals surface area (Å²) in [5, 5.41) is 0.502. The van der Waals surface area contributed by atoms with E-state index in [0.29, 0.717) is 11.3 Å². The molecule has 0 saturated heterocycles. The van der Waals surface area contributed by atoms with E-state index in [1.807, 2.05) is 31.4 Å². The van der Waals surface area contributed by atoms with Crippen LogP contribution < -0.4 is 16.7 Å². The normalized spacial score (nSPS) is 10.9. The van der Waals surface area contributed by atoms with Gasteiger partial charge in [-0.1, -0.05) is 26.0 Å². The van der Waals surface area contributed by atoms with E-state index in [1.54, 1.807) is 6.07 Å². The molecule has 2 aromatic rings. The molecular weight excluding hydrogens is 230 g/mol. The van der Waals surface area contributed by atoms with Gasteiger partial charge in [-0.25, -0.2) is 5.84 Å². The summed E-state index contributed by atoms with van der Waals surface area (Å²) in [5.41, 5.74) is 3.49. The van der Waals surface area contributed by atoms with Gasteiger partial charge in [-0.3, -0.25) is 15.0 Å². The Hall–Kier alpha value is -2.14. The number of nitrogens with two attached hydrogens (primary N) is 1. The summed E-state index contributed by atoms with van der Waals surface area (Å²) in [4.78, 5) is 26.6. The molecule has 0 spiro atoms. The summed E-state index contributed by atoms with van der Waals surface area (Å²) < 4.78 is 0. The van der Waals surface area contributed by atoms with Crippen molar-refractivity contribution in [1.82, 2.24) is 10.4 Å². The Morgan fingerprint density at radius 2 is 2.11 bits per heavy atom. The number of hydrogen-bond donors (Lipinski definition) is 3. The molecule has 0 saturated carbocycles. The molecule has 0 aliphatic carbocycles. The Bertz CT molecular complexity index is 659. The summed E-state index contributed by atoms with van der Waals surface area (Å²) in [7, 11) is 0. The lowest BCUT2D eigenvalue weighted by Crippen LogP contribution is -2.33. The minimum absolute atomic E-state index is 0.0194. The molecule has 2 rings (SSSR count). The third-order valence-corrected chi connectivity index (χ3v) is 2.94. The number of hydrazine groups is 1. The third-order valence-electron chi connectivity index (χ3n) is 2.94. The van der Waals surface area contributed by atoms with Crippen molar-refractivity contribution in [2.75, 3.05) is 0 Å². The highest BCUT2D eigenvalue weighted by Crippen LogP contribution is 2.21. The van der Waals surface area contributed by atoms with E-state index in [9.17, 15) is 9.59 Å². The molecule has 1 aromatic carbocycles. The smallest absolute Gasteiger partial charge is 0.270 e. The van der Waals surface area contributed by atoms with E-state index in [2.05, 4.69) is 4.98 Å². The van der Waals surface area contributed by atoms with Gasteiger partial charge in [0, 0.05) is 11.6 Å². The summed E-state index contributed by atoms with van der Waals surface area (Å²) in [6, 6.07) is 5.48. The molecule has 0 atom stereocenters. The highest BCUT2D eigenvalue weighted by molar-refractivity contribution is 5.97. The Morgan fingerprint density at radius 3 is 2.72 bits per heavy atom. The summed E-state index contributed by atoms with van der Waals surface area (Å²) in [5.74, 6) is 4.74. The standard InChI is InChI=1S/C13H15N3O2/c1-7(2)8-4-3-5-9-11(8)15-6-10(12(9)17)13(18)16-14/h3-7H,14H2,1-2H3,(H,15,17)(H,16,18). The maximum Gasteiger partial charge on any atom is 0.270 e. The lowest BCUT2D eigenvalue weighted by Gasteiger charge is -2.10. The SMILES string of the molecule is CC(C)c1cccc2c(=O)c(C(=O)NN)c[nH]c12. The minimum atomic E-state index is -0.590. The van der Waals surface area contributed by atoms with E-state index < -0.39 is 5.91 Å². The first-order valence-electron chi connectivity index (χ1n) is 5.71. The van der Waals surface area contributed by atoms with Crippen molar-refractivity contribution in [1.29, 1.82) is 0 Å². The fourth-order valence-electron chi connectivity index (χ4n) is 2.00. The first kappa shape index (κ1) is 12.3. The van der Waals surface area contributed by atoms with Gasteiger partial charge >= 0.3 is 0 Å². The lowest BCUT2D eigenvalue weighted by atomic mass is 9.99. The first-order valence-corrected chi connectivity index (χ1v) is 5.71. The molecule has 0 radical (unpaired) electrons. The number of pyridine rings is 1. The van der Waals surface area contributed by atoms with Crippen LogP contribution in [0.15, 0.2) is 29.2 Å². The second kappa shape index (κ2) is 4.62. The molecule has 0 aliphatic rings. The van der Waals surface area contributed by atoms with Crippen molar-refractivity contribution < 1.29 is 4.79 Å². The molecule has 1 aromatic heterocycles. The number of H-pyrrole nitrogens is 1. The molecule has 5 nitrogen and oxygen atoms in total. The number of benzene rings is 1. The van der Waals surface area contributed by atoms with Crippen LogP contribution in [0.3, 0.4) is 0 Å². The van der Waals surface area contributed by atoms with Crippen molar-refractivity contribution in [2.24, 2.45) is 5.84 Å². The molecule has 0 fully saturated rings. The maximum atomic E-state index is 12.2. The maximum absolute atomic E-state index is 12.2. The number of hydrogen-bond acceptors (Lipinski definition) is 3. The number of para-hydroxylation sites is 1. The van der Waals surface area contributed by atoms with Crippen LogP contribution >= 0.6 is 0 Å². The highest BCUT2D eigenvalue weighted by Gasteiger charge is 2.14. The number of rotatable bonds is 2. The minimum Gasteiger partial charge on any atom is -0.360 e. The number of nitrogen functional groups attached to an aromatic ring is 1. The quantitative estimate of drug-likeness (QED) is 0.423. The topological polar surface area (TPSA) is 88.0 Å². The Morgan fingerprint density at radius 1 is 1.39 bits per heavy atom. The van der Waals surface area contributed by atoms with Crippen molar-refractivity contribution in [3.63, 3.8) is 0 Å². The van der Waals surface area contributed by atoms with Gasteiger partial charge in [0.1, 0.15) is 5.56 Å². The van der Waals surface area contributed by atoms with Crippen molar-refractivity contribution >= 4 is 16.8 Å². The third kappa shape index (κ3) is 1.89. The molecular formula is C13H15N3O2. The number of fused-ring (bicyclic) bond motifs is 1. The average Bonchev–Trinajstić information content (AvgIpc) is 2.37. The largest absolute Gasteiger partial charge is 0.360 e. The number of aromatic nitrogens is 1. The van der Waals surface area contributed by atoms with Crippen LogP contribution in [-0.4, -0.2) is 10.9 Å². The predicted octanol–water partition coefficient (Wildman–Crippen LogP) is 1.25. The number of aromatic amines is 1. The van der Waals surface area contributed by atoms with Crippen LogP contribution in [0.25, 0.3) is 10.9 Å². The van der Waals surface area contributed by atoms with E-state index >= 15 is 0 Å². The second-order valence-corrected chi connectivity index (χ2v) is 4.43. The van der Waals surface area contributed by atoms with Crippen molar-refractivity contribution in [3.8, 4) is 0 Å². The van der Waals surface area contributed by atoms with E-state index in [0.717, 1.165) is 11.1 Å². The first-order chi connectivity index (χ1) is 8.56. The number of carbonyl (C=O) groups is 1. The molecule has 1 amide bonds. The number of carbonyl (C=O) groups excluding carboxylic acids is 1. The molecule has 94 valence electrons. The fourth-order valence-corrected chi connectivity index (χ4v) is 2.00. The van der Waals surface area contributed by atoms with Crippen LogP contribution in [0.2, 0.25) is 0 Å². The lowest BCUT2D eigenvalue weighted by molar-refractivity contribution is 0.0952. The summed E-state index contributed by atoms with van der Waals surface area (Å²) >= 11 is 0. The van der Waals surface area contributed by atoms with Gasteiger partial charge in [0.15, 0.2) is 0 Å². The highest BCUT2D eigenvalue weighted by atomic mass is 16.2. The van der Waals surface area contributed by atoms with Crippen LogP contribution in [-0.2, 0) is 0 Å². The van der Waals surface area contributed by atoms with E-state index in [-0.39, 0.29) is 11.0 Å². The fraction of sp³-hybridized carbons (Fsp3) is 0.231. The van der Waals surface area contributed by atoms with Gasteiger partial charge < -0.3 is 4.98 Å². The van der Waals surface area contributed by atoms with Crippen molar-refractivity contribution in [3.05, 3.63) is 45.7 Å². The van der Waals surface area contributed by atoms with Gasteiger partial charge in [0.2, 0.25) is 5.43 Å². The molecule has 5 heteroatoms. The molecule has 0 unspecified atom stereocenters. The Kier molecular flexibility index (Phi) is 3.16. The zero-order valence-electron chi connectivity index (χ0n) is 10.3. The van der Waals surface area contributed by atoms with Gasteiger partial charge in [0.25, 0.3) is 5.91 Å². The Labute approximate surface area is 104 Å². The van der Waals surface area contributed by atoms with Crippen molar-refractivity contribution in [2.45, 2.75) is 19.8 Å². The summed E-state index contributed by atoms with van der Waals surface area (Å²) in [6.45, 7) is 4.10. The molecule has 18 heavy (non-hydrogen) atoms. The van der Waals surface area contributed by atoms with Crippen LogP contribution in [0.4, 0.5) is 0 Å². The van der Waals surface area contributed by atoms with Gasteiger partial charge in [-0.2, -0.15) is 0 Å². The average molecular weight is 245 g/mol. The molecule has 0 bridgehead atoms. The Balaban J connectivity index is 2.78. The van der Waals surface area contributed by atoms with Crippen LogP contribution in [0.1, 0.15) is 35.7 Å². The molecule has 1 heterocycles. The van der Waals surface area contributed by atoms with Gasteiger partial charge in [-0.15, -0.1) is 0 Å². The number of nitrogens with one attached hydrogen (secondary N) is 2. The monoisotopic (exact) mass is 245 g/mol. The van der Waals surface area contributed by atoms with E-state index in [4.69, 9.17) is 5.84 Å². The zero-order chi connectivity index (χ0) is 13.3. The second-order valence-electron chi connectivity index (χ2n) is 4.43. The van der Waals surface area contributed by atoms with E-state index in [1.165, 1.54) is 6.20 Å². The van der Waals surface area contributed by atoms with Crippen LogP contribution in [0.5, 0.6) is 0 Å². The molecule has 0 aliphatic heterocycles. The van der Waals surface area contributed by atoms with Gasteiger partial charge in [0.05, 0.1) is 5.52 Å². The summed E-state index contributed by atoms with van der Waals surface area (Å²) in [6.07, 6.45) is 1.40. The molecule has 4 N–H and O–H groups in total.